The summed E-state index contributed by atoms with van der Waals surface area (Å²) in [4.78, 5) is 14.8. The molecule has 0 aliphatic heterocycles. The van der Waals surface area contributed by atoms with Crippen molar-refractivity contribution >= 4 is 27.5 Å². The molecule has 0 spiro atoms. The predicted octanol–water partition coefficient (Wildman–Crippen LogP) is 4.08. The van der Waals surface area contributed by atoms with Gasteiger partial charge in [-0.05, 0) is 51.5 Å². The second-order valence-electron chi connectivity index (χ2n) is 6.93. The van der Waals surface area contributed by atoms with Crippen LogP contribution in [0.2, 0.25) is 5.02 Å². The van der Waals surface area contributed by atoms with Gasteiger partial charge in [0.25, 0.3) is 5.91 Å². The smallest absolute Gasteiger partial charge is 0.255 e. The highest BCUT2D eigenvalue weighted by Crippen LogP contribution is 2.24. The highest BCUT2D eigenvalue weighted by atomic mass is 35.5. The van der Waals surface area contributed by atoms with Gasteiger partial charge in [0.05, 0.1) is 15.5 Å². The number of nitrogens with one attached hydrogen (secondary N) is 1. The zero-order valence-electron chi connectivity index (χ0n) is 15.9. The number of halogens is 1. The zero-order valence-corrected chi connectivity index (χ0v) is 17.5. The molecule has 0 unspecified atom stereocenters. The number of benzene rings is 2. The van der Waals surface area contributed by atoms with Crippen molar-refractivity contribution in [3.63, 3.8) is 0 Å². The molecule has 5 nitrogen and oxygen atoms in total. The number of sulfonamides is 1. The molecule has 0 aliphatic rings. The van der Waals surface area contributed by atoms with E-state index in [2.05, 4.69) is 4.72 Å². The first-order chi connectivity index (χ1) is 12.6. The van der Waals surface area contributed by atoms with E-state index in [9.17, 15) is 13.2 Å². The van der Waals surface area contributed by atoms with E-state index >= 15 is 0 Å². The molecule has 0 saturated heterocycles. The Bertz CT molecular complexity index is 897. The first kappa shape index (κ1) is 21.4. The van der Waals surface area contributed by atoms with E-state index in [0.29, 0.717) is 6.54 Å². The summed E-state index contributed by atoms with van der Waals surface area (Å²) in [6.07, 6.45) is 0. The summed E-state index contributed by atoms with van der Waals surface area (Å²) in [5, 5.41) is 0.224. The molecular weight excluding hydrogens is 384 g/mol. The Kier molecular flexibility index (Phi) is 7.03. The van der Waals surface area contributed by atoms with Gasteiger partial charge in [-0.1, -0.05) is 41.9 Å². The molecule has 0 saturated carbocycles. The average Bonchev–Trinajstić information content (AvgIpc) is 2.59. The third-order valence-corrected chi connectivity index (χ3v) is 5.94. The van der Waals surface area contributed by atoms with Crippen LogP contribution in [-0.2, 0) is 16.6 Å². The average molecular weight is 409 g/mol. The van der Waals surface area contributed by atoms with Crippen molar-refractivity contribution in [2.75, 3.05) is 0 Å². The fourth-order valence-corrected chi connectivity index (χ4v) is 4.11. The van der Waals surface area contributed by atoms with Crippen LogP contribution in [0.15, 0.2) is 53.4 Å². The van der Waals surface area contributed by atoms with Gasteiger partial charge in [-0.2, -0.15) is 0 Å². The molecular formula is C20H25ClN2O3S. The van der Waals surface area contributed by atoms with E-state index in [1.54, 1.807) is 18.7 Å². The Balaban J connectivity index is 2.39. The molecule has 1 amide bonds. The Morgan fingerprint density at radius 3 is 2.26 bits per heavy atom. The van der Waals surface area contributed by atoms with Crippen molar-refractivity contribution in [2.24, 2.45) is 0 Å². The fourth-order valence-electron chi connectivity index (χ4n) is 2.64. The minimum atomic E-state index is -3.72. The fraction of sp³-hybridized carbons (Fsp3) is 0.350. The lowest BCUT2D eigenvalue weighted by Gasteiger charge is -2.27. The van der Waals surface area contributed by atoms with Crippen LogP contribution in [0.3, 0.4) is 0 Å². The van der Waals surface area contributed by atoms with Gasteiger partial charge in [-0.15, -0.1) is 0 Å². The molecule has 1 N–H and O–H groups in total. The molecule has 0 radical (unpaired) electrons. The lowest BCUT2D eigenvalue weighted by atomic mass is 10.1. The van der Waals surface area contributed by atoms with E-state index in [1.807, 2.05) is 44.2 Å². The topological polar surface area (TPSA) is 66.5 Å². The van der Waals surface area contributed by atoms with Crippen LogP contribution in [-0.4, -0.2) is 31.3 Å². The quantitative estimate of drug-likeness (QED) is 0.750. The minimum absolute atomic E-state index is 0.0207. The van der Waals surface area contributed by atoms with E-state index in [1.165, 1.54) is 18.2 Å². The number of nitrogens with zero attached hydrogens (tertiary/aromatic N) is 1. The van der Waals surface area contributed by atoms with Crippen LogP contribution in [0.5, 0.6) is 0 Å². The van der Waals surface area contributed by atoms with Crippen molar-refractivity contribution in [1.82, 2.24) is 9.62 Å². The molecule has 27 heavy (non-hydrogen) atoms. The summed E-state index contributed by atoms with van der Waals surface area (Å²) in [5.41, 5.74) is 1.16. The maximum absolute atomic E-state index is 13.1. The highest BCUT2D eigenvalue weighted by Gasteiger charge is 2.24. The third-order valence-electron chi connectivity index (χ3n) is 3.95. The van der Waals surface area contributed by atoms with Crippen molar-refractivity contribution in [3.05, 3.63) is 64.7 Å². The Morgan fingerprint density at radius 1 is 1.07 bits per heavy atom. The van der Waals surface area contributed by atoms with Crippen molar-refractivity contribution in [3.8, 4) is 0 Å². The first-order valence-corrected chi connectivity index (χ1v) is 10.6. The molecule has 2 aromatic rings. The molecule has 0 atom stereocenters. The van der Waals surface area contributed by atoms with Gasteiger partial charge in [0.1, 0.15) is 0 Å². The highest BCUT2D eigenvalue weighted by molar-refractivity contribution is 7.89. The number of carbonyl (C=O) groups excluding carboxylic acids is 1. The molecule has 0 fully saturated rings. The molecule has 0 heterocycles. The van der Waals surface area contributed by atoms with Gasteiger partial charge < -0.3 is 4.90 Å². The maximum Gasteiger partial charge on any atom is 0.255 e. The van der Waals surface area contributed by atoms with E-state index in [-0.39, 0.29) is 33.5 Å². The lowest BCUT2D eigenvalue weighted by Crippen LogP contribution is -2.37. The van der Waals surface area contributed by atoms with Gasteiger partial charge in [-0.25, -0.2) is 13.1 Å². The summed E-state index contributed by atoms with van der Waals surface area (Å²) in [7, 11) is -3.72. The molecule has 0 bridgehead atoms. The second kappa shape index (κ2) is 8.87. The van der Waals surface area contributed by atoms with Gasteiger partial charge in [0.2, 0.25) is 10.0 Å². The number of hydrogen-bond donors (Lipinski definition) is 1. The molecule has 7 heteroatoms. The monoisotopic (exact) mass is 408 g/mol. The normalized spacial score (nSPS) is 11.8. The third kappa shape index (κ3) is 5.54. The standard InChI is InChI=1S/C20H25ClN2O3S/c1-14(2)22-27(25,26)17-10-11-19(21)18(12-17)20(24)23(15(3)4)13-16-8-6-5-7-9-16/h5-12,14-15,22H,13H2,1-4H3. The van der Waals surface area contributed by atoms with Crippen LogP contribution >= 0.6 is 11.6 Å². The van der Waals surface area contributed by atoms with Gasteiger partial charge in [-0.3, -0.25) is 4.79 Å². The summed E-state index contributed by atoms with van der Waals surface area (Å²) in [6, 6.07) is 13.5. The largest absolute Gasteiger partial charge is 0.332 e. The first-order valence-electron chi connectivity index (χ1n) is 8.78. The summed E-state index contributed by atoms with van der Waals surface area (Å²) < 4.78 is 27.4. The zero-order chi connectivity index (χ0) is 20.2. The maximum atomic E-state index is 13.1. The summed E-state index contributed by atoms with van der Waals surface area (Å²) >= 11 is 6.24. The van der Waals surface area contributed by atoms with Crippen LogP contribution in [0.4, 0.5) is 0 Å². The molecule has 2 aromatic carbocycles. The number of amides is 1. The van der Waals surface area contributed by atoms with E-state index in [4.69, 9.17) is 11.6 Å². The van der Waals surface area contributed by atoms with Crippen LogP contribution in [0, 0.1) is 0 Å². The van der Waals surface area contributed by atoms with Crippen LogP contribution in [0.25, 0.3) is 0 Å². The molecule has 0 aromatic heterocycles. The minimum Gasteiger partial charge on any atom is -0.332 e. The summed E-state index contributed by atoms with van der Waals surface area (Å²) in [5.74, 6) is -0.305. The van der Waals surface area contributed by atoms with Crippen LogP contribution in [0.1, 0.15) is 43.6 Å². The predicted molar refractivity (Wildman–Crippen MR) is 108 cm³/mol. The molecule has 0 aliphatic carbocycles. The van der Waals surface area contributed by atoms with Gasteiger partial charge in [0, 0.05) is 18.6 Å². The Hall–Kier alpha value is -1.89. The van der Waals surface area contributed by atoms with Crippen molar-refractivity contribution < 1.29 is 13.2 Å². The number of rotatable bonds is 7. The SMILES string of the molecule is CC(C)NS(=O)(=O)c1ccc(Cl)c(C(=O)N(Cc2ccccc2)C(C)C)c1. The summed E-state index contributed by atoms with van der Waals surface area (Å²) in [6.45, 7) is 7.71. The molecule has 2 rings (SSSR count). The molecule has 146 valence electrons. The van der Waals surface area contributed by atoms with Crippen molar-refractivity contribution in [2.45, 2.75) is 51.2 Å². The van der Waals surface area contributed by atoms with Gasteiger partial charge >= 0.3 is 0 Å². The van der Waals surface area contributed by atoms with Crippen LogP contribution < -0.4 is 4.72 Å². The Morgan fingerprint density at radius 2 is 1.70 bits per heavy atom. The number of carbonyl (C=O) groups is 1. The van der Waals surface area contributed by atoms with E-state index < -0.39 is 10.0 Å². The second-order valence-corrected chi connectivity index (χ2v) is 9.05. The van der Waals surface area contributed by atoms with Crippen molar-refractivity contribution in [1.29, 1.82) is 0 Å². The van der Waals surface area contributed by atoms with Gasteiger partial charge in [0.15, 0.2) is 0 Å². The number of hydrogen-bond acceptors (Lipinski definition) is 3. The lowest BCUT2D eigenvalue weighted by molar-refractivity contribution is 0.0690. The van der Waals surface area contributed by atoms with E-state index in [0.717, 1.165) is 5.56 Å². The Labute approximate surface area is 166 Å².